The van der Waals surface area contributed by atoms with Crippen molar-refractivity contribution >= 4 is 60.8 Å². The predicted octanol–water partition coefficient (Wildman–Crippen LogP) is 6.96. The number of nitrogens with zero attached hydrogens (tertiary/aromatic N) is 4. The fraction of sp³-hybridized carbons (Fsp3) is 0.185. The Hall–Kier alpha value is -3.21. The first-order valence-corrected chi connectivity index (χ1v) is 14.3. The van der Waals surface area contributed by atoms with Crippen LogP contribution in [0.2, 0.25) is 0 Å². The molecule has 2 aromatic heterocycles. The maximum atomic E-state index is 12.6. The normalized spacial score (nSPS) is 11.1. The van der Waals surface area contributed by atoms with E-state index >= 15 is 0 Å². The van der Waals surface area contributed by atoms with Crippen LogP contribution in [0.15, 0.2) is 76.4 Å². The van der Waals surface area contributed by atoms with Crippen molar-refractivity contribution in [3.63, 3.8) is 0 Å². The highest BCUT2D eigenvalue weighted by molar-refractivity contribution is 9.10. The van der Waals surface area contributed by atoms with Crippen LogP contribution in [0.1, 0.15) is 18.3 Å². The maximum absolute atomic E-state index is 12.6. The Morgan fingerprint density at radius 2 is 1.86 bits per heavy atom. The zero-order valence-electron chi connectivity index (χ0n) is 20.3. The number of carbonyl (C=O) groups excluding carboxylic acids is 1. The topological polar surface area (TPSA) is 81.9 Å². The number of carbonyl (C=O) groups is 1. The Morgan fingerprint density at radius 1 is 1.08 bits per heavy atom. The van der Waals surface area contributed by atoms with Gasteiger partial charge in [0.25, 0.3) is 0 Å². The molecule has 0 atom stereocenters. The van der Waals surface area contributed by atoms with Gasteiger partial charge >= 0.3 is 0 Å². The van der Waals surface area contributed by atoms with Crippen LogP contribution in [-0.4, -0.2) is 31.4 Å². The first-order chi connectivity index (χ1) is 18.0. The van der Waals surface area contributed by atoms with Crippen molar-refractivity contribution < 1.29 is 9.53 Å². The average Bonchev–Trinajstić information content (AvgIpc) is 3.50. The lowest BCUT2D eigenvalue weighted by Crippen LogP contribution is -2.15. The minimum atomic E-state index is -0.105. The number of nitrogens with one attached hydrogen (secondary N) is 1. The lowest BCUT2D eigenvalue weighted by molar-refractivity contribution is -0.113. The van der Waals surface area contributed by atoms with E-state index in [9.17, 15) is 4.79 Å². The van der Waals surface area contributed by atoms with Crippen LogP contribution in [0.25, 0.3) is 20.8 Å². The number of fused-ring (bicyclic) bond motifs is 1. The largest absolute Gasteiger partial charge is 0.486 e. The number of thiazole rings is 1. The number of rotatable bonds is 9. The van der Waals surface area contributed by atoms with Gasteiger partial charge in [-0.05, 0) is 80.1 Å². The predicted molar refractivity (Wildman–Crippen MR) is 153 cm³/mol. The minimum absolute atomic E-state index is 0.105. The van der Waals surface area contributed by atoms with Gasteiger partial charge in [-0.15, -0.1) is 21.5 Å². The number of ether oxygens (including phenoxy) is 1. The van der Waals surface area contributed by atoms with Crippen LogP contribution >= 0.6 is 39.0 Å². The summed E-state index contributed by atoms with van der Waals surface area (Å²) >= 11 is 6.44. The third-order valence-electron chi connectivity index (χ3n) is 5.58. The van der Waals surface area contributed by atoms with Crippen LogP contribution in [0, 0.1) is 6.92 Å². The zero-order chi connectivity index (χ0) is 25.8. The molecule has 0 saturated carbocycles. The number of halogens is 1. The molecule has 0 fully saturated rings. The third kappa shape index (κ3) is 6.20. The molecule has 7 nitrogen and oxygen atoms in total. The molecule has 0 bridgehead atoms. The van der Waals surface area contributed by atoms with E-state index in [1.807, 2.05) is 60.0 Å². The molecule has 1 amide bonds. The monoisotopic (exact) mass is 593 g/mol. The summed E-state index contributed by atoms with van der Waals surface area (Å²) in [5.74, 6) is 1.59. The van der Waals surface area contributed by atoms with Gasteiger partial charge in [0.15, 0.2) is 11.0 Å². The van der Waals surface area contributed by atoms with Crippen molar-refractivity contribution in [1.82, 2.24) is 19.7 Å². The van der Waals surface area contributed by atoms with Gasteiger partial charge in [0.1, 0.15) is 17.4 Å². The third-order valence-corrected chi connectivity index (χ3v) is 8.15. The summed E-state index contributed by atoms with van der Waals surface area (Å²) in [7, 11) is 0. The van der Waals surface area contributed by atoms with Crippen LogP contribution < -0.4 is 10.1 Å². The Labute approximate surface area is 231 Å². The van der Waals surface area contributed by atoms with E-state index in [2.05, 4.69) is 56.6 Å². The van der Waals surface area contributed by atoms with Gasteiger partial charge in [-0.3, -0.25) is 4.79 Å². The molecule has 0 aliphatic rings. The Morgan fingerprint density at radius 3 is 2.62 bits per heavy atom. The fourth-order valence-electron chi connectivity index (χ4n) is 3.71. The maximum Gasteiger partial charge on any atom is 0.234 e. The molecule has 0 aliphatic heterocycles. The molecule has 188 valence electrons. The van der Waals surface area contributed by atoms with E-state index < -0.39 is 0 Å². The van der Waals surface area contributed by atoms with Gasteiger partial charge in [0, 0.05) is 22.3 Å². The van der Waals surface area contributed by atoms with Gasteiger partial charge < -0.3 is 14.6 Å². The van der Waals surface area contributed by atoms with Crippen LogP contribution in [0.3, 0.4) is 0 Å². The van der Waals surface area contributed by atoms with E-state index in [1.165, 1.54) is 22.0 Å². The van der Waals surface area contributed by atoms with Crippen molar-refractivity contribution in [2.24, 2.45) is 0 Å². The quantitative estimate of drug-likeness (QED) is 0.186. The molecule has 1 N–H and O–H groups in total. The standard InChI is InChI=1S/C27H24BrN5O2S2/c1-3-33-24(15-35-21-11-7-19(28)8-12-21)31-32-27(33)36-16-25(34)29-20-9-5-18(6-10-20)26-30-22-13-4-17(2)14-23(22)37-26/h4-14H,3,15-16H2,1-2H3,(H,29,34). The second-order valence-corrected chi connectivity index (χ2v) is 11.2. The first-order valence-electron chi connectivity index (χ1n) is 11.7. The molecular weight excluding hydrogens is 570 g/mol. The van der Waals surface area contributed by atoms with Crippen LogP contribution in [0.5, 0.6) is 5.75 Å². The van der Waals surface area contributed by atoms with Gasteiger partial charge in [-0.2, -0.15) is 0 Å². The summed E-state index contributed by atoms with van der Waals surface area (Å²) in [4.78, 5) is 17.3. The fourth-order valence-corrected chi connectivity index (χ4v) is 5.86. The molecule has 0 spiro atoms. The SMILES string of the molecule is CCn1c(COc2ccc(Br)cc2)nnc1SCC(=O)Nc1ccc(-c2nc3ccc(C)cc3s2)cc1. The average molecular weight is 595 g/mol. The van der Waals surface area contributed by atoms with Gasteiger partial charge in [0.2, 0.25) is 5.91 Å². The zero-order valence-corrected chi connectivity index (χ0v) is 23.5. The molecule has 3 aromatic carbocycles. The van der Waals surface area contributed by atoms with E-state index in [1.54, 1.807) is 11.3 Å². The summed E-state index contributed by atoms with van der Waals surface area (Å²) in [6, 6.07) is 21.7. The number of benzene rings is 3. The molecule has 5 rings (SSSR count). The van der Waals surface area contributed by atoms with Gasteiger partial charge in [0.05, 0.1) is 16.0 Å². The van der Waals surface area contributed by atoms with E-state index in [0.29, 0.717) is 24.1 Å². The summed E-state index contributed by atoms with van der Waals surface area (Å²) in [6.45, 7) is 5.09. The summed E-state index contributed by atoms with van der Waals surface area (Å²) in [5, 5.41) is 13.1. The number of amides is 1. The second-order valence-electron chi connectivity index (χ2n) is 8.29. The van der Waals surface area contributed by atoms with E-state index in [-0.39, 0.29) is 11.7 Å². The minimum Gasteiger partial charge on any atom is -0.486 e. The molecule has 10 heteroatoms. The van der Waals surface area contributed by atoms with Gasteiger partial charge in [-0.1, -0.05) is 33.8 Å². The molecule has 2 heterocycles. The Bertz CT molecular complexity index is 1530. The molecular formula is C27H24BrN5O2S2. The molecule has 0 radical (unpaired) electrons. The number of hydrogen-bond acceptors (Lipinski definition) is 7. The van der Waals surface area contributed by atoms with Crippen LogP contribution in [-0.2, 0) is 17.9 Å². The number of aryl methyl sites for hydroxylation is 1. The molecule has 0 aliphatic carbocycles. The lowest BCUT2D eigenvalue weighted by atomic mass is 10.2. The molecule has 37 heavy (non-hydrogen) atoms. The lowest BCUT2D eigenvalue weighted by Gasteiger charge is -2.09. The number of hydrogen-bond donors (Lipinski definition) is 1. The molecule has 0 saturated heterocycles. The van der Waals surface area contributed by atoms with Crippen molar-refractivity contribution in [2.75, 3.05) is 11.1 Å². The van der Waals surface area contributed by atoms with E-state index in [0.717, 1.165) is 32.0 Å². The second kappa shape index (κ2) is 11.5. The summed E-state index contributed by atoms with van der Waals surface area (Å²) in [5.41, 5.74) is 4.00. The highest BCUT2D eigenvalue weighted by atomic mass is 79.9. The summed E-state index contributed by atoms with van der Waals surface area (Å²) < 4.78 is 9.97. The van der Waals surface area contributed by atoms with Crippen molar-refractivity contribution in [3.8, 4) is 16.3 Å². The smallest absolute Gasteiger partial charge is 0.234 e. The van der Waals surface area contributed by atoms with Crippen LogP contribution in [0.4, 0.5) is 5.69 Å². The first kappa shape index (κ1) is 25.4. The highest BCUT2D eigenvalue weighted by Crippen LogP contribution is 2.31. The number of thioether (sulfide) groups is 1. The molecule has 5 aromatic rings. The highest BCUT2D eigenvalue weighted by Gasteiger charge is 2.14. The van der Waals surface area contributed by atoms with E-state index in [4.69, 9.17) is 9.72 Å². The van der Waals surface area contributed by atoms with Crippen molar-refractivity contribution in [2.45, 2.75) is 32.2 Å². The van der Waals surface area contributed by atoms with Gasteiger partial charge in [-0.25, -0.2) is 4.98 Å². The van der Waals surface area contributed by atoms with Crippen molar-refractivity contribution in [1.29, 1.82) is 0 Å². The Balaban J connectivity index is 1.16. The number of anilines is 1. The number of aromatic nitrogens is 4. The Kier molecular flexibility index (Phi) is 7.87. The molecule has 0 unspecified atom stereocenters. The van der Waals surface area contributed by atoms with Crippen molar-refractivity contribution in [3.05, 3.63) is 82.6 Å². The summed E-state index contributed by atoms with van der Waals surface area (Å²) in [6.07, 6.45) is 0.